The number of nitrogens with one attached hydrogen (secondary N) is 1. The first kappa shape index (κ1) is 19.3. The number of hydrogen-bond donors (Lipinski definition) is 1. The molecule has 0 atom stereocenters. The molecule has 3 rings (SSSR count). The highest BCUT2D eigenvalue weighted by atomic mass is 32.1. The van der Waals surface area contributed by atoms with Gasteiger partial charge in [-0.15, -0.1) is 0 Å². The topological polar surface area (TPSA) is 33.7 Å². The summed E-state index contributed by atoms with van der Waals surface area (Å²) in [6.45, 7) is -2.43. The molecule has 0 unspecified atom stereocenters. The fraction of sp³-hybridized carbons (Fsp3) is 0.316. The van der Waals surface area contributed by atoms with Gasteiger partial charge in [0.25, 0.3) is 0 Å². The number of thiocarbonyl (C=S) groups is 1. The summed E-state index contributed by atoms with van der Waals surface area (Å²) in [6.07, 6.45) is 2.05. The third kappa shape index (κ3) is 5.26. The Morgan fingerprint density at radius 1 is 1.19 bits per heavy atom. The van der Waals surface area contributed by atoms with Gasteiger partial charge in [-0.3, -0.25) is 0 Å². The van der Waals surface area contributed by atoms with E-state index < -0.39 is 6.61 Å². The largest absolute Gasteiger partial charge is 0.493 e. The van der Waals surface area contributed by atoms with Gasteiger partial charge in [-0.1, -0.05) is 6.07 Å². The van der Waals surface area contributed by atoms with Gasteiger partial charge >= 0.3 is 6.61 Å². The molecule has 1 aliphatic rings. The van der Waals surface area contributed by atoms with Gasteiger partial charge < -0.3 is 19.7 Å². The van der Waals surface area contributed by atoms with Crippen LogP contribution in [0.25, 0.3) is 0 Å². The summed E-state index contributed by atoms with van der Waals surface area (Å²) in [5, 5.41) is 3.64. The molecule has 2 aromatic rings. The third-order valence-corrected chi connectivity index (χ3v) is 4.48. The van der Waals surface area contributed by atoms with Crippen molar-refractivity contribution in [2.75, 3.05) is 12.4 Å². The van der Waals surface area contributed by atoms with E-state index in [9.17, 15) is 13.2 Å². The highest BCUT2D eigenvalue weighted by Crippen LogP contribution is 2.33. The summed E-state index contributed by atoms with van der Waals surface area (Å²) in [7, 11) is 1.40. The normalized spacial score (nSPS) is 13.4. The number of nitrogens with zero attached hydrogens (tertiary/aromatic N) is 1. The SMILES string of the molecule is COc1cc(CN(C(=S)Nc2ccc(F)cc2)C2CC2)ccc1OC(F)F. The van der Waals surface area contributed by atoms with Gasteiger partial charge in [-0.2, -0.15) is 8.78 Å². The minimum atomic E-state index is -2.92. The molecule has 8 heteroatoms. The Balaban J connectivity index is 1.72. The van der Waals surface area contributed by atoms with E-state index in [-0.39, 0.29) is 17.3 Å². The summed E-state index contributed by atoms with van der Waals surface area (Å²) in [5.41, 5.74) is 1.55. The van der Waals surface area contributed by atoms with Crippen LogP contribution in [0.5, 0.6) is 11.5 Å². The molecule has 1 saturated carbocycles. The number of rotatable bonds is 7. The van der Waals surface area contributed by atoms with Gasteiger partial charge in [0.1, 0.15) is 5.82 Å². The Bertz CT molecular complexity index is 798. The molecule has 144 valence electrons. The lowest BCUT2D eigenvalue weighted by Gasteiger charge is -2.26. The van der Waals surface area contributed by atoms with E-state index in [1.54, 1.807) is 24.3 Å². The van der Waals surface area contributed by atoms with Crippen molar-refractivity contribution in [3.8, 4) is 11.5 Å². The molecule has 0 heterocycles. The van der Waals surface area contributed by atoms with Crippen LogP contribution in [0.4, 0.5) is 18.9 Å². The van der Waals surface area contributed by atoms with Crippen LogP contribution in [0.2, 0.25) is 0 Å². The standard InChI is InChI=1S/C19H19F3N2O2S/c1-25-17-10-12(2-9-16(17)26-18(21)22)11-24(15-7-8-15)19(27)23-14-5-3-13(20)4-6-14/h2-6,9-10,15,18H,7-8,11H2,1H3,(H,23,27). The summed E-state index contributed by atoms with van der Waals surface area (Å²) in [6, 6.07) is 11.1. The quantitative estimate of drug-likeness (QED) is 0.680. The van der Waals surface area contributed by atoms with Crippen molar-refractivity contribution < 1.29 is 22.6 Å². The first-order valence-electron chi connectivity index (χ1n) is 8.41. The van der Waals surface area contributed by atoms with E-state index in [1.165, 1.54) is 25.3 Å². The summed E-state index contributed by atoms with van der Waals surface area (Å²) < 4.78 is 47.6. The number of anilines is 1. The third-order valence-electron chi connectivity index (χ3n) is 4.14. The molecule has 1 fully saturated rings. The average Bonchev–Trinajstić information content (AvgIpc) is 3.47. The van der Waals surface area contributed by atoms with Crippen molar-refractivity contribution in [2.24, 2.45) is 0 Å². The van der Waals surface area contributed by atoms with Crippen molar-refractivity contribution in [3.05, 3.63) is 53.8 Å². The Morgan fingerprint density at radius 2 is 1.89 bits per heavy atom. The molecule has 27 heavy (non-hydrogen) atoms. The van der Waals surface area contributed by atoms with E-state index in [0.717, 1.165) is 18.4 Å². The lowest BCUT2D eigenvalue weighted by atomic mass is 10.2. The monoisotopic (exact) mass is 396 g/mol. The zero-order chi connectivity index (χ0) is 19.4. The van der Waals surface area contributed by atoms with Crippen molar-refractivity contribution >= 4 is 23.0 Å². The Hall–Kier alpha value is -2.48. The molecular formula is C19H19F3N2O2S. The minimum Gasteiger partial charge on any atom is -0.493 e. The lowest BCUT2D eigenvalue weighted by molar-refractivity contribution is -0.0512. The lowest BCUT2D eigenvalue weighted by Crippen LogP contribution is -2.36. The predicted octanol–water partition coefficient (Wildman–Crippen LogP) is 4.80. The van der Waals surface area contributed by atoms with Crippen LogP contribution in [-0.4, -0.2) is 29.8 Å². The van der Waals surface area contributed by atoms with Gasteiger partial charge in [0.2, 0.25) is 0 Å². The smallest absolute Gasteiger partial charge is 0.387 e. The van der Waals surface area contributed by atoms with Crippen LogP contribution >= 0.6 is 12.2 Å². The Labute approximate surface area is 160 Å². The number of benzene rings is 2. The zero-order valence-corrected chi connectivity index (χ0v) is 15.4. The zero-order valence-electron chi connectivity index (χ0n) is 14.6. The van der Waals surface area contributed by atoms with Crippen LogP contribution in [0.1, 0.15) is 18.4 Å². The second-order valence-electron chi connectivity index (χ2n) is 6.16. The number of hydrogen-bond acceptors (Lipinski definition) is 3. The van der Waals surface area contributed by atoms with Gasteiger partial charge in [0.15, 0.2) is 16.6 Å². The molecule has 0 bridgehead atoms. The number of ether oxygens (including phenoxy) is 2. The average molecular weight is 396 g/mol. The van der Waals surface area contributed by atoms with E-state index >= 15 is 0 Å². The number of alkyl halides is 2. The van der Waals surface area contributed by atoms with Crippen LogP contribution in [-0.2, 0) is 6.54 Å². The van der Waals surface area contributed by atoms with Crippen molar-refractivity contribution in [1.29, 1.82) is 0 Å². The molecule has 1 aliphatic carbocycles. The minimum absolute atomic E-state index is 0.0127. The molecule has 0 aliphatic heterocycles. The first-order chi connectivity index (χ1) is 13.0. The van der Waals surface area contributed by atoms with Crippen LogP contribution < -0.4 is 14.8 Å². The highest BCUT2D eigenvalue weighted by molar-refractivity contribution is 7.80. The Morgan fingerprint density at radius 3 is 2.48 bits per heavy atom. The summed E-state index contributed by atoms with van der Waals surface area (Å²) in [4.78, 5) is 2.03. The van der Waals surface area contributed by atoms with E-state index in [4.69, 9.17) is 17.0 Å². The fourth-order valence-electron chi connectivity index (χ4n) is 2.68. The Kier molecular flexibility index (Phi) is 6.05. The molecule has 0 spiro atoms. The fourth-order valence-corrected chi connectivity index (χ4v) is 3.01. The van der Waals surface area contributed by atoms with Crippen molar-refractivity contribution in [1.82, 2.24) is 4.90 Å². The molecule has 2 aromatic carbocycles. The molecule has 0 amide bonds. The second kappa shape index (κ2) is 8.47. The van der Waals surface area contributed by atoms with Crippen LogP contribution in [0.3, 0.4) is 0 Å². The van der Waals surface area contributed by atoms with Gasteiger partial charge in [0.05, 0.1) is 7.11 Å². The maximum atomic E-state index is 13.1. The van der Waals surface area contributed by atoms with Gasteiger partial charge in [0, 0.05) is 18.3 Å². The highest BCUT2D eigenvalue weighted by Gasteiger charge is 2.31. The number of methoxy groups -OCH3 is 1. The van der Waals surface area contributed by atoms with E-state index in [0.29, 0.717) is 23.4 Å². The van der Waals surface area contributed by atoms with E-state index in [2.05, 4.69) is 10.1 Å². The second-order valence-corrected chi connectivity index (χ2v) is 6.55. The molecule has 1 N–H and O–H groups in total. The van der Waals surface area contributed by atoms with Gasteiger partial charge in [-0.25, -0.2) is 4.39 Å². The maximum Gasteiger partial charge on any atom is 0.387 e. The van der Waals surface area contributed by atoms with Crippen LogP contribution in [0.15, 0.2) is 42.5 Å². The number of halogens is 3. The van der Waals surface area contributed by atoms with Gasteiger partial charge in [-0.05, 0) is 67.0 Å². The summed E-state index contributed by atoms with van der Waals surface area (Å²) >= 11 is 5.52. The van der Waals surface area contributed by atoms with E-state index in [1.807, 2.05) is 4.90 Å². The predicted molar refractivity (Wildman–Crippen MR) is 101 cm³/mol. The molecule has 4 nitrogen and oxygen atoms in total. The van der Waals surface area contributed by atoms with Crippen molar-refractivity contribution in [3.63, 3.8) is 0 Å². The molecule has 0 radical (unpaired) electrons. The van der Waals surface area contributed by atoms with Crippen LogP contribution in [0, 0.1) is 5.82 Å². The summed E-state index contributed by atoms with van der Waals surface area (Å²) in [5.74, 6) is -0.0917. The van der Waals surface area contributed by atoms with Crippen molar-refractivity contribution in [2.45, 2.75) is 32.0 Å². The first-order valence-corrected chi connectivity index (χ1v) is 8.82. The molecule has 0 saturated heterocycles. The molecule has 0 aromatic heterocycles. The molecular weight excluding hydrogens is 377 g/mol. The maximum absolute atomic E-state index is 13.1.